The van der Waals surface area contributed by atoms with Crippen molar-refractivity contribution < 1.29 is 19.5 Å². The molecule has 2 N–H and O–H groups in total. The van der Waals surface area contributed by atoms with Crippen LogP contribution < -0.4 is 10.2 Å². The molecule has 0 saturated carbocycles. The van der Waals surface area contributed by atoms with E-state index < -0.39 is 17.9 Å². The number of carboxylic acid groups (broad SMARTS) is 1. The van der Waals surface area contributed by atoms with Gasteiger partial charge in [-0.2, -0.15) is 0 Å². The number of aromatic nitrogens is 3. The maximum absolute atomic E-state index is 12.8. The van der Waals surface area contributed by atoms with Gasteiger partial charge in [0.2, 0.25) is 5.78 Å². The molecule has 2 aromatic heterocycles. The van der Waals surface area contributed by atoms with Gasteiger partial charge in [0, 0.05) is 18.0 Å². The third kappa shape index (κ3) is 3.08. The summed E-state index contributed by atoms with van der Waals surface area (Å²) in [7, 11) is 0. The van der Waals surface area contributed by atoms with Gasteiger partial charge < -0.3 is 5.11 Å². The van der Waals surface area contributed by atoms with Gasteiger partial charge in [0.25, 0.3) is 11.8 Å². The van der Waals surface area contributed by atoms with Crippen molar-refractivity contribution >= 4 is 46.7 Å². The van der Waals surface area contributed by atoms with Crippen LogP contribution >= 0.6 is 11.6 Å². The Kier molecular flexibility index (Phi) is 4.19. The van der Waals surface area contributed by atoms with Gasteiger partial charge in [-0.15, -0.1) is 0 Å². The summed E-state index contributed by atoms with van der Waals surface area (Å²) in [6.45, 7) is 0. The second kappa shape index (κ2) is 6.92. The molecule has 5 rings (SSSR count). The van der Waals surface area contributed by atoms with Crippen LogP contribution in [0.1, 0.15) is 20.7 Å². The number of imidazole rings is 1. The minimum atomic E-state index is -1.21. The maximum Gasteiger partial charge on any atom is 0.409 e. The Balaban J connectivity index is 1.56. The van der Waals surface area contributed by atoms with Crippen molar-refractivity contribution in [2.45, 2.75) is 0 Å². The quantitative estimate of drug-likeness (QED) is 0.472. The number of amides is 3. The van der Waals surface area contributed by atoms with Crippen molar-refractivity contribution in [2.75, 3.05) is 10.2 Å². The lowest BCUT2D eigenvalue weighted by molar-refractivity contribution is 0.0926. The number of hydrogen-bond donors (Lipinski definition) is 2. The van der Waals surface area contributed by atoms with Crippen LogP contribution in [0.5, 0.6) is 0 Å². The number of benzene rings is 2. The minimum absolute atomic E-state index is 0.273. The zero-order chi connectivity index (χ0) is 21.7. The van der Waals surface area contributed by atoms with Gasteiger partial charge in [-0.1, -0.05) is 23.7 Å². The highest BCUT2D eigenvalue weighted by Gasteiger charge is 2.36. The molecule has 1 aliphatic rings. The summed E-state index contributed by atoms with van der Waals surface area (Å²) in [4.78, 5) is 46.1. The number of halogens is 1. The largest absolute Gasteiger partial charge is 0.465 e. The molecule has 10 heteroatoms. The Morgan fingerprint density at radius 2 is 1.71 bits per heavy atom. The molecule has 1 aliphatic heterocycles. The standard InChI is InChI=1S/C21H12ClN5O4/c22-16-6-5-12(27-18(28)13-3-1-2-4-14(13)19(27)29)7-15(16)17-10-26-9-11(24-21(30)31)8-23-20(26)25-17/h1-10,24H,(H,30,31). The lowest BCUT2D eigenvalue weighted by Gasteiger charge is -2.15. The zero-order valence-corrected chi connectivity index (χ0v) is 16.4. The summed E-state index contributed by atoms with van der Waals surface area (Å²) in [5, 5.41) is 11.4. The molecule has 3 amide bonds. The molecule has 3 heterocycles. The van der Waals surface area contributed by atoms with Gasteiger partial charge in [-0.25, -0.2) is 19.7 Å². The minimum Gasteiger partial charge on any atom is -0.465 e. The van der Waals surface area contributed by atoms with Crippen molar-refractivity contribution in [3.05, 3.63) is 77.2 Å². The molecule has 0 bridgehead atoms. The predicted octanol–water partition coefficient (Wildman–Crippen LogP) is 3.94. The van der Waals surface area contributed by atoms with Crippen molar-refractivity contribution in [1.82, 2.24) is 14.4 Å². The van der Waals surface area contributed by atoms with Crippen LogP contribution in [0.2, 0.25) is 5.02 Å². The number of hydrogen-bond acceptors (Lipinski definition) is 5. The third-order valence-electron chi connectivity index (χ3n) is 4.84. The molecular weight excluding hydrogens is 422 g/mol. The Morgan fingerprint density at radius 3 is 2.39 bits per heavy atom. The summed E-state index contributed by atoms with van der Waals surface area (Å²) >= 11 is 6.38. The van der Waals surface area contributed by atoms with Gasteiger partial charge in [-0.3, -0.25) is 19.3 Å². The van der Waals surface area contributed by atoms with E-state index in [1.165, 1.54) is 12.4 Å². The van der Waals surface area contributed by atoms with Crippen LogP contribution in [0.15, 0.2) is 61.1 Å². The topological polar surface area (TPSA) is 117 Å². The first-order valence-electron chi connectivity index (χ1n) is 9.05. The molecule has 0 atom stereocenters. The van der Waals surface area contributed by atoms with E-state index in [2.05, 4.69) is 15.3 Å². The molecule has 0 fully saturated rings. The van der Waals surface area contributed by atoms with Crippen LogP contribution in [0, 0.1) is 0 Å². The molecule has 0 unspecified atom stereocenters. The molecule has 152 valence electrons. The average Bonchev–Trinajstić information content (AvgIpc) is 3.27. The first kappa shape index (κ1) is 18.8. The Morgan fingerprint density at radius 1 is 1.00 bits per heavy atom. The van der Waals surface area contributed by atoms with E-state index in [-0.39, 0.29) is 5.69 Å². The van der Waals surface area contributed by atoms with E-state index >= 15 is 0 Å². The van der Waals surface area contributed by atoms with Crippen molar-refractivity contribution in [3.8, 4) is 11.3 Å². The number of nitrogens with zero attached hydrogens (tertiary/aromatic N) is 4. The number of imide groups is 1. The van der Waals surface area contributed by atoms with Crippen molar-refractivity contribution in [1.29, 1.82) is 0 Å². The molecule has 0 radical (unpaired) electrons. The maximum atomic E-state index is 12.8. The summed E-state index contributed by atoms with van der Waals surface area (Å²) in [6, 6.07) is 11.4. The molecule has 0 aliphatic carbocycles. The second-order valence-corrected chi connectivity index (χ2v) is 7.17. The summed E-state index contributed by atoms with van der Waals surface area (Å²) in [5.74, 6) is -0.488. The van der Waals surface area contributed by atoms with Gasteiger partial charge in [0.05, 0.1) is 39.4 Å². The van der Waals surface area contributed by atoms with E-state index in [0.717, 1.165) is 4.90 Å². The van der Waals surface area contributed by atoms with Crippen molar-refractivity contribution in [2.24, 2.45) is 0 Å². The number of rotatable bonds is 3. The number of carbonyl (C=O) groups excluding carboxylic acids is 2. The zero-order valence-electron chi connectivity index (χ0n) is 15.6. The highest BCUT2D eigenvalue weighted by atomic mass is 35.5. The van der Waals surface area contributed by atoms with Crippen LogP contribution in [-0.4, -0.2) is 37.4 Å². The highest BCUT2D eigenvalue weighted by Crippen LogP contribution is 2.35. The number of nitrogens with one attached hydrogen (secondary N) is 1. The van der Waals surface area contributed by atoms with E-state index in [4.69, 9.17) is 16.7 Å². The SMILES string of the molecule is O=C(O)Nc1cnc2nc(-c3cc(N4C(=O)c5ccccc5C4=O)ccc3Cl)cn2c1. The fourth-order valence-electron chi connectivity index (χ4n) is 3.47. The summed E-state index contributed by atoms with van der Waals surface area (Å²) < 4.78 is 1.55. The molecule has 4 aromatic rings. The fraction of sp³-hybridized carbons (Fsp3) is 0. The second-order valence-electron chi connectivity index (χ2n) is 6.76. The van der Waals surface area contributed by atoms with E-state index in [9.17, 15) is 14.4 Å². The van der Waals surface area contributed by atoms with E-state index in [0.29, 0.717) is 38.9 Å². The molecular formula is C21H12ClN5O4. The number of fused-ring (bicyclic) bond motifs is 2. The normalized spacial score (nSPS) is 13.0. The van der Waals surface area contributed by atoms with Gasteiger partial charge in [0.15, 0.2) is 0 Å². The first-order valence-corrected chi connectivity index (χ1v) is 9.42. The van der Waals surface area contributed by atoms with Gasteiger partial charge in [0.1, 0.15) is 0 Å². The van der Waals surface area contributed by atoms with Gasteiger partial charge in [-0.05, 0) is 30.3 Å². The monoisotopic (exact) mass is 433 g/mol. The Labute approximate surface area is 179 Å². The van der Waals surface area contributed by atoms with Crippen LogP contribution in [0.3, 0.4) is 0 Å². The smallest absolute Gasteiger partial charge is 0.409 e. The first-order chi connectivity index (χ1) is 14.9. The number of carbonyl (C=O) groups is 3. The number of anilines is 2. The van der Waals surface area contributed by atoms with E-state index in [1.807, 2.05) is 0 Å². The van der Waals surface area contributed by atoms with E-state index in [1.54, 1.807) is 53.1 Å². The summed E-state index contributed by atoms with van der Waals surface area (Å²) in [6.07, 6.45) is 3.28. The van der Waals surface area contributed by atoms with Gasteiger partial charge >= 0.3 is 6.09 Å². The molecule has 0 spiro atoms. The van der Waals surface area contributed by atoms with Crippen LogP contribution in [-0.2, 0) is 0 Å². The lowest BCUT2D eigenvalue weighted by atomic mass is 10.1. The average molecular weight is 434 g/mol. The van der Waals surface area contributed by atoms with Crippen LogP contribution in [0.25, 0.3) is 17.0 Å². The van der Waals surface area contributed by atoms with Crippen LogP contribution in [0.4, 0.5) is 16.2 Å². The van der Waals surface area contributed by atoms with Crippen molar-refractivity contribution in [3.63, 3.8) is 0 Å². The molecule has 2 aromatic carbocycles. The fourth-order valence-corrected chi connectivity index (χ4v) is 3.69. The summed E-state index contributed by atoms with van der Waals surface area (Å²) in [5.41, 5.74) is 2.27. The Bertz CT molecular complexity index is 1380. The molecule has 9 nitrogen and oxygen atoms in total. The predicted molar refractivity (Wildman–Crippen MR) is 113 cm³/mol. The lowest BCUT2D eigenvalue weighted by Crippen LogP contribution is -2.29. The molecule has 31 heavy (non-hydrogen) atoms. The molecule has 0 saturated heterocycles. The third-order valence-corrected chi connectivity index (χ3v) is 5.17. The Hall–Kier alpha value is -4.24. The highest BCUT2D eigenvalue weighted by molar-refractivity contribution is 6.36.